The highest BCUT2D eigenvalue weighted by Crippen LogP contribution is 2.09. The lowest BCUT2D eigenvalue weighted by molar-refractivity contribution is 0.0563. The minimum absolute atomic E-state index is 0.254. The van der Waals surface area contributed by atoms with Gasteiger partial charge in [0.15, 0.2) is 0 Å². The highest BCUT2D eigenvalue weighted by atomic mass is 16.5. The Bertz CT molecular complexity index is 329. The lowest BCUT2D eigenvalue weighted by Crippen LogP contribution is -2.26. The fourth-order valence-corrected chi connectivity index (χ4v) is 1.51. The quantitative estimate of drug-likeness (QED) is 0.755. The first-order valence-electron chi connectivity index (χ1n) is 5.61. The lowest BCUT2D eigenvalue weighted by atomic mass is 10.2. The van der Waals surface area contributed by atoms with Gasteiger partial charge in [0, 0.05) is 6.04 Å². The zero-order chi connectivity index (χ0) is 12.0. The van der Waals surface area contributed by atoms with Crippen molar-refractivity contribution in [2.75, 3.05) is 7.11 Å². The van der Waals surface area contributed by atoms with Crippen molar-refractivity contribution in [3.8, 4) is 0 Å². The highest BCUT2D eigenvalue weighted by molar-refractivity contribution is 5.86. The predicted octanol–water partition coefficient (Wildman–Crippen LogP) is 2.34. The molecule has 0 amide bonds. The molecule has 0 aliphatic carbocycles. The maximum atomic E-state index is 11.1. The van der Waals surface area contributed by atoms with Crippen molar-refractivity contribution in [3.05, 3.63) is 23.7 Å². The summed E-state index contributed by atoms with van der Waals surface area (Å²) in [6, 6.07) is 3.92. The molecule has 90 valence electrons. The number of carbonyl (C=O) groups excluding carboxylic acids is 1. The van der Waals surface area contributed by atoms with E-state index >= 15 is 0 Å². The molecule has 0 bridgehead atoms. The van der Waals surface area contributed by atoms with Gasteiger partial charge in [0.05, 0.1) is 13.7 Å². The van der Waals surface area contributed by atoms with Crippen molar-refractivity contribution in [3.63, 3.8) is 0 Å². The molecule has 1 aromatic rings. The summed E-state index contributed by atoms with van der Waals surface area (Å²) in [6.45, 7) is 4.93. The molecule has 1 rings (SSSR count). The first kappa shape index (κ1) is 12.8. The second-order valence-corrected chi connectivity index (χ2v) is 3.65. The van der Waals surface area contributed by atoms with E-state index in [1.165, 1.54) is 7.11 Å². The summed E-state index contributed by atoms with van der Waals surface area (Å²) in [4.78, 5) is 11.1. The molecule has 0 saturated heterocycles. The van der Waals surface area contributed by atoms with Gasteiger partial charge in [-0.1, -0.05) is 13.8 Å². The summed E-state index contributed by atoms with van der Waals surface area (Å²) in [5, 5.41) is 3.36. The van der Waals surface area contributed by atoms with Crippen LogP contribution in [0.25, 0.3) is 0 Å². The van der Waals surface area contributed by atoms with Gasteiger partial charge < -0.3 is 14.5 Å². The van der Waals surface area contributed by atoms with E-state index in [4.69, 9.17) is 4.42 Å². The van der Waals surface area contributed by atoms with Crippen molar-refractivity contribution in [1.82, 2.24) is 5.32 Å². The molecule has 4 nitrogen and oxygen atoms in total. The van der Waals surface area contributed by atoms with Crippen molar-refractivity contribution in [2.45, 2.75) is 39.3 Å². The Balaban J connectivity index is 2.49. The fraction of sp³-hybridized carbons (Fsp3) is 0.583. The molecule has 0 atom stereocenters. The number of ether oxygens (including phenoxy) is 1. The Morgan fingerprint density at radius 2 is 2.12 bits per heavy atom. The molecule has 0 spiro atoms. The molecule has 0 aliphatic rings. The fourth-order valence-electron chi connectivity index (χ4n) is 1.51. The Labute approximate surface area is 96.0 Å². The molecule has 0 aromatic carbocycles. The van der Waals surface area contributed by atoms with E-state index in [0.717, 1.165) is 18.6 Å². The molecule has 0 fully saturated rings. The zero-order valence-corrected chi connectivity index (χ0v) is 10.1. The first-order chi connectivity index (χ1) is 7.71. The van der Waals surface area contributed by atoms with Crippen LogP contribution in [0.5, 0.6) is 0 Å². The standard InChI is InChI=1S/C12H19NO3/c1-4-9(5-2)13-8-10-6-7-11(16-10)12(14)15-3/h6-7,9,13H,4-5,8H2,1-3H3. The monoisotopic (exact) mass is 225 g/mol. The minimum Gasteiger partial charge on any atom is -0.463 e. The molecule has 0 unspecified atom stereocenters. The summed E-state index contributed by atoms with van der Waals surface area (Å²) in [6.07, 6.45) is 2.17. The van der Waals surface area contributed by atoms with Crippen molar-refractivity contribution in [1.29, 1.82) is 0 Å². The second-order valence-electron chi connectivity index (χ2n) is 3.65. The largest absolute Gasteiger partial charge is 0.463 e. The molecule has 1 aromatic heterocycles. The third-order valence-electron chi connectivity index (χ3n) is 2.60. The average Bonchev–Trinajstić information content (AvgIpc) is 2.78. The maximum absolute atomic E-state index is 11.1. The molecular weight excluding hydrogens is 206 g/mol. The number of methoxy groups -OCH3 is 1. The smallest absolute Gasteiger partial charge is 0.373 e. The van der Waals surface area contributed by atoms with Crippen molar-refractivity contribution in [2.24, 2.45) is 0 Å². The SMILES string of the molecule is CCC(CC)NCc1ccc(C(=O)OC)o1. The molecule has 16 heavy (non-hydrogen) atoms. The van der Waals surface area contributed by atoms with Gasteiger partial charge in [-0.2, -0.15) is 0 Å². The predicted molar refractivity (Wildman–Crippen MR) is 61.3 cm³/mol. The van der Waals surface area contributed by atoms with Gasteiger partial charge >= 0.3 is 5.97 Å². The average molecular weight is 225 g/mol. The Morgan fingerprint density at radius 1 is 1.44 bits per heavy atom. The first-order valence-corrected chi connectivity index (χ1v) is 5.61. The Morgan fingerprint density at radius 3 is 2.69 bits per heavy atom. The van der Waals surface area contributed by atoms with Gasteiger partial charge in [-0.25, -0.2) is 4.79 Å². The number of furan rings is 1. The third-order valence-corrected chi connectivity index (χ3v) is 2.60. The van der Waals surface area contributed by atoms with E-state index in [1.54, 1.807) is 12.1 Å². The van der Waals surface area contributed by atoms with Crippen LogP contribution in [0.2, 0.25) is 0 Å². The van der Waals surface area contributed by atoms with Crippen LogP contribution in [0, 0.1) is 0 Å². The van der Waals surface area contributed by atoms with Crippen LogP contribution in [0.4, 0.5) is 0 Å². The lowest BCUT2D eigenvalue weighted by Gasteiger charge is -2.12. The van der Waals surface area contributed by atoms with E-state index in [-0.39, 0.29) is 5.76 Å². The summed E-state index contributed by atoms with van der Waals surface area (Å²) in [7, 11) is 1.34. The van der Waals surface area contributed by atoms with Crippen LogP contribution in [0.1, 0.15) is 43.0 Å². The van der Waals surface area contributed by atoms with E-state index in [0.29, 0.717) is 12.6 Å². The van der Waals surface area contributed by atoms with Crippen molar-refractivity contribution >= 4 is 5.97 Å². The van der Waals surface area contributed by atoms with Gasteiger partial charge in [0.2, 0.25) is 5.76 Å². The number of rotatable bonds is 6. The Hall–Kier alpha value is -1.29. The molecule has 0 radical (unpaired) electrons. The number of esters is 1. The molecule has 4 heteroatoms. The van der Waals surface area contributed by atoms with Crippen LogP contribution in [-0.4, -0.2) is 19.1 Å². The summed E-state index contributed by atoms with van der Waals surface area (Å²) in [5.41, 5.74) is 0. The van der Waals surface area contributed by atoms with Gasteiger partial charge in [-0.3, -0.25) is 0 Å². The van der Waals surface area contributed by atoms with E-state index < -0.39 is 5.97 Å². The highest BCUT2D eigenvalue weighted by Gasteiger charge is 2.11. The third kappa shape index (κ3) is 3.38. The summed E-state index contributed by atoms with van der Waals surface area (Å²) in [5.74, 6) is 0.574. The molecule has 1 heterocycles. The summed E-state index contributed by atoms with van der Waals surface area (Å²) >= 11 is 0. The van der Waals surface area contributed by atoms with Crippen LogP contribution < -0.4 is 5.32 Å². The van der Waals surface area contributed by atoms with Gasteiger partial charge in [-0.05, 0) is 25.0 Å². The van der Waals surface area contributed by atoms with Crippen LogP contribution >= 0.6 is 0 Å². The van der Waals surface area contributed by atoms with Gasteiger partial charge in [0.1, 0.15) is 5.76 Å². The molecule has 1 N–H and O–H groups in total. The maximum Gasteiger partial charge on any atom is 0.373 e. The minimum atomic E-state index is -0.436. The van der Waals surface area contributed by atoms with Crippen LogP contribution in [0.3, 0.4) is 0 Å². The zero-order valence-electron chi connectivity index (χ0n) is 10.1. The topological polar surface area (TPSA) is 51.5 Å². The number of hydrogen-bond donors (Lipinski definition) is 1. The van der Waals surface area contributed by atoms with Gasteiger partial charge in [-0.15, -0.1) is 0 Å². The van der Waals surface area contributed by atoms with Crippen LogP contribution in [-0.2, 0) is 11.3 Å². The van der Waals surface area contributed by atoms with Crippen LogP contribution in [0.15, 0.2) is 16.5 Å². The number of nitrogens with one attached hydrogen (secondary N) is 1. The van der Waals surface area contributed by atoms with Crippen molar-refractivity contribution < 1.29 is 13.9 Å². The van der Waals surface area contributed by atoms with Gasteiger partial charge in [0.25, 0.3) is 0 Å². The molecule has 0 aliphatic heterocycles. The van der Waals surface area contributed by atoms with E-state index in [9.17, 15) is 4.79 Å². The molecular formula is C12H19NO3. The number of carbonyl (C=O) groups is 1. The Kier molecular flexibility index (Phi) is 5.05. The molecule has 0 saturated carbocycles. The number of hydrogen-bond acceptors (Lipinski definition) is 4. The van der Waals surface area contributed by atoms with E-state index in [1.807, 2.05) is 0 Å². The normalized spacial score (nSPS) is 10.8. The van der Waals surface area contributed by atoms with E-state index in [2.05, 4.69) is 23.9 Å². The second kappa shape index (κ2) is 6.33. The summed E-state index contributed by atoms with van der Waals surface area (Å²) < 4.78 is 9.90.